The highest BCUT2D eigenvalue weighted by molar-refractivity contribution is 7.89. The van der Waals surface area contributed by atoms with Gasteiger partial charge in [-0.25, -0.2) is 12.7 Å². The Balaban J connectivity index is 1.60. The number of thiophene rings is 1. The number of rotatable bonds is 5. The number of aliphatic hydroxyl groups excluding tert-OH is 1. The number of benzene rings is 1. The summed E-state index contributed by atoms with van der Waals surface area (Å²) in [5.41, 5.74) is 3.54. The molecule has 1 fully saturated rings. The molecule has 1 aliphatic heterocycles. The maximum absolute atomic E-state index is 12.1. The predicted octanol–water partition coefficient (Wildman–Crippen LogP) is 3.92. The number of aromatic nitrogens is 1. The minimum Gasteiger partial charge on any atom is -0.391 e. The summed E-state index contributed by atoms with van der Waals surface area (Å²) in [4.78, 5) is 5.48. The summed E-state index contributed by atoms with van der Waals surface area (Å²) in [6.45, 7) is 2.97. The molecule has 27 heavy (non-hydrogen) atoms. The van der Waals surface area contributed by atoms with Gasteiger partial charge in [-0.05, 0) is 61.1 Å². The number of nitrogens with one attached hydrogen (secondary N) is 1. The van der Waals surface area contributed by atoms with Gasteiger partial charge in [0.05, 0.1) is 12.4 Å². The molecule has 5 nitrogen and oxygen atoms in total. The first-order valence-electron chi connectivity index (χ1n) is 9.30. The van der Waals surface area contributed by atoms with Gasteiger partial charge in [0.2, 0.25) is 10.0 Å². The first-order chi connectivity index (χ1) is 13.0. The van der Waals surface area contributed by atoms with Gasteiger partial charge in [-0.1, -0.05) is 6.07 Å². The number of hydrogen-bond donors (Lipinski definition) is 2. The molecule has 4 rings (SSSR count). The summed E-state index contributed by atoms with van der Waals surface area (Å²) < 4.78 is 25.8. The van der Waals surface area contributed by atoms with Crippen molar-refractivity contribution in [3.63, 3.8) is 0 Å². The monoisotopic (exact) mass is 404 g/mol. The summed E-state index contributed by atoms with van der Waals surface area (Å²) >= 11 is 1.61. The normalized spacial score (nSPS) is 17.0. The molecular formula is C20H24N2O3S2. The highest BCUT2D eigenvalue weighted by Crippen LogP contribution is 2.37. The molecule has 144 valence electrons. The van der Waals surface area contributed by atoms with Crippen LogP contribution in [0.25, 0.3) is 21.3 Å². The van der Waals surface area contributed by atoms with Gasteiger partial charge in [0, 0.05) is 39.9 Å². The van der Waals surface area contributed by atoms with E-state index in [2.05, 4.69) is 35.4 Å². The van der Waals surface area contributed by atoms with Crippen LogP contribution in [-0.4, -0.2) is 41.7 Å². The molecule has 0 amide bonds. The van der Waals surface area contributed by atoms with Crippen molar-refractivity contribution in [1.82, 2.24) is 9.29 Å². The Hall–Kier alpha value is -1.67. The number of nitrogens with zero attached hydrogens (tertiary/aromatic N) is 1. The fraction of sp³-hybridized carbons (Fsp3) is 0.400. The number of hydrogen-bond acceptors (Lipinski definition) is 4. The summed E-state index contributed by atoms with van der Waals surface area (Å²) in [6.07, 6.45) is 3.78. The molecule has 0 saturated carbocycles. The van der Waals surface area contributed by atoms with Crippen molar-refractivity contribution in [1.29, 1.82) is 0 Å². The zero-order chi connectivity index (χ0) is 19.0. The van der Waals surface area contributed by atoms with Gasteiger partial charge in [-0.15, -0.1) is 11.3 Å². The van der Waals surface area contributed by atoms with Crippen molar-refractivity contribution in [2.24, 2.45) is 0 Å². The zero-order valence-electron chi connectivity index (χ0n) is 15.3. The molecule has 1 aliphatic rings. The van der Waals surface area contributed by atoms with Gasteiger partial charge in [0.25, 0.3) is 0 Å². The standard InChI is InChI=1S/C20H24N2O3S2/c1-2-27(24,25)22-9-7-14(8-10-22)18-12-21-19-5-3-15(11-17(18)19)20-6-4-16(13-23)26-20/h3-6,11-12,14,21,23H,2,7-10,13H2,1H3. The molecule has 1 aromatic carbocycles. The minimum absolute atomic E-state index is 0.0710. The molecule has 0 atom stereocenters. The van der Waals surface area contributed by atoms with E-state index in [4.69, 9.17) is 0 Å². The average molecular weight is 405 g/mol. The summed E-state index contributed by atoms with van der Waals surface area (Å²) in [7, 11) is -3.09. The van der Waals surface area contributed by atoms with Crippen LogP contribution in [0.3, 0.4) is 0 Å². The smallest absolute Gasteiger partial charge is 0.213 e. The Kier molecular flexibility index (Phi) is 5.11. The number of fused-ring (bicyclic) bond motifs is 1. The van der Waals surface area contributed by atoms with Gasteiger partial charge in [-0.2, -0.15) is 0 Å². The van der Waals surface area contributed by atoms with Crippen LogP contribution < -0.4 is 0 Å². The molecule has 1 saturated heterocycles. The third kappa shape index (κ3) is 3.57. The van der Waals surface area contributed by atoms with Crippen molar-refractivity contribution in [3.05, 3.63) is 47.0 Å². The van der Waals surface area contributed by atoms with Crippen LogP contribution in [-0.2, 0) is 16.6 Å². The highest BCUT2D eigenvalue weighted by Gasteiger charge is 2.28. The summed E-state index contributed by atoms with van der Waals surface area (Å²) in [5.74, 6) is 0.540. The van der Waals surface area contributed by atoms with Crippen molar-refractivity contribution < 1.29 is 13.5 Å². The second-order valence-corrected chi connectivity index (χ2v) is 10.4. The van der Waals surface area contributed by atoms with Crippen LogP contribution in [0.2, 0.25) is 0 Å². The fourth-order valence-corrected chi connectivity index (χ4v) is 5.88. The van der Waals surface area contributed by atoms with E-state index in [0.29, 0.717) is 19.0 Å². The van der Waals surface area contributed by atoms with Gasteiger partial charge < -0.3 is 10.1 Å². The first kappa shape index (κ1) is 18.7. The molecule has 0 bridgehead atoms. The Bertz CT molecular complexity index is 1040. The van der Waals surface area contributed by atoms with E-state index in [-0.39, 0.29) is 12.4 Å². The molecule has 0 aliphatic carbocycles. The van der Waals surface area contributed by atoms with E-state index in [1.165, 1.54) is 10.9 Å². The second-order valence-electron chi connectivity index (χ2n) is 7.00. The average Bonchev–Trinajstić information content (AvgIpc) is 3.34. The van der Waals surface area contributed by atoms with E-state index in [1.807, 2.05) is 6.07 Å². The minimum atomic E-state index is -3.09. The van der Waals surface area contributed by atoms with Crippen LogP contribution in [0.5, 0.6) is 0 Å². The second kappa shape index (κ2) is 7.39. The number of piperidine rings is 1. The molecule has 3 aromatic rings. The molecule has 3 heterocycles. The maximum Gasteiger partial charge on any atom is 0.213 e. The molecule has 0 spiro atoms. The lowest BCUT2D eigenvalue weighted by Crippen LogP contribution is -2.38. The van der Waals surface area contributed by atoms with E-state index < -0.39 is 10.0 Å². The van der Waals surface area contributed by atoms with Crippen LogP contribution in [0.1, 0.15) is 36.1 Å². The van der Waals surface area contributed by atoms with Crippen LogP contribution in [0, 0.1) is 0 Å². The molecule has 0 radical (unpaired) electrons. The lowest BCUT2D eigenvalue weighted by Gasteiger charge is -2.30. The van der Waals surface area contributed by atoms with E-state index >= 15 is 0 Å². The molecule has 2 N–H and O–H groups in total. The zero-order valence-corrected chi connectivity index (χ0v) is 16.9. The summed E-state index contributed by atoms with van der Waals surface area (Å²) in [6, 6.07) is 10.4. The van der Waals surface area contributed by atoms with Crippen molar-refractivity contribution in [2.75, 3.05) is 18.8 Å². The van der Waals surface area contributed by atoms with Crippen molar-refractivity contribution in [3.8, 4) is 10.4 Å². The van der Waals surface area contributed by atoms with Gasteiger partial charge in [0.1, 0.15) is 0 Å². The summed E-state index contributed by atoms with van der Waals surface area (Å²) in [5, 5.41) is 10.5. The SMILES string of the molecule is CCS(=O)(=O)N1CCC(c2c[nH]c3ccc(-c4ccc(CO)s4)cc23)CC1. The number of aromatic amines is 1. The number of sulfonamides is 1. The fourth-order valence-electron chi connectivity index (χ4n) is 3.88. The largest absolute Gasteiger partial charge is 0.391 e. The van der Waals surface area contributed by atoms with Crippen molar-refractivity contribution >= 4 is 32.3 Å². The third-order valence-electron chi connectivity index (χ3n) is 5.47. The van der Waals surface area contributed by atoms with E-state index in [9.17, 15) is 13.5 Å². The third-order valence-corrected chi connectivity index (χ3v) is 8.47. The topological polar surface area (TPSA) is 73.4 Å². The number of H-pyrrole nitrogens is 1. The van der Waals surface area contributed by atoms with Crippen LogP contribution >= 0.6 is 11.3 Å². The van der Waals surface area contributed by atoms with Gasteiger partial charge in [-0.3, -0.25) is 0 Å². The Morgan fingerprint density at radius 2 is 2.00 bits per heavy atom. The quantitative estimate of drug-likeness (QED) is 0.677. The molecule has 0 unspecified atom stereocenters. The van der Waals surface area contributed by atoms with E-state index in [0.717, 1.165) is 33.7 Å². The Morgan fingerprint density at radius 3 is 2.67 bits per heavy atom. The van der Waals surface area contributed by atoms with E-state index in [1.54, 1.807) is 22.6 Å². The molecule has 2 aromatic heterocycles. The Labute approximate surface area is 163 Å². The Morgan fingerprint density at radius 1 is 1.22 bits per heavy atom. The lowest BCUT2D eigenvalue weighted by molar-refractivity contribution is 0.285. The molecular weight excluding hydrogens is 380 g/mol. The van der Waals surface area contributed by atoms with Crippen LogP contribution in [0.15, 0.2) is 36.5 Å². The number of aliphatic hydroxyl groups is 1. The highest BCUT2D eigenvalue weighted by atomic mass is 32.2. The first-order valence-corrected chi connectivity index (χ1v) is 11.7. The molecule has 7 heteroatoms. The van der Waals surface area contributed by atoms with Gasteiger partial charge >= 0.3 is 0 Å². The van der Waals surface area contributed by atoms with Gasteiger partial charge in [0.15, 0.2) is 0 Å². The lowest BCUT2D eigenvalue weighted by atomic mass is 9.89. The maximum atomic E-state index is 12.1. The van der Waals surface area contributed by atoms with Crippen molar-refractivity contribution in [2.45, 2.75) is 32.3 Å². The predicted molar refractivity (Wildman–Crippen MR) is 111 cm³/mol. The van der Waals surface area contributed by atoms with Crippen LogP contribution in [0.4, 0.5) is 0 Å².